The lowest BCUT2D eigenvalue weighted by Crippen LogP contribution is -2.35. The highest BCUT2D eigenvalue weighted by Crippen LogP contribution is 2.24. The number of aryl methyl sites for hydroxylation is 2. The molecule has 1 fully saturated rings. The van der Waals surface area contributed by atoms with Gasteiger partial charge in [0, 0.05) is 29.4 Å². The van der Waals surface area contributed by atoms with Crippen molar-refractivity contribution in [3.63, 3.8) is 0 Å². The van der Waals surface area contributed by atoms with Gasteiger partial charge >= 0.3 is 0 Å². The van der Waals surface area contributed by atoms with Crippen LogP contribution in [0.3, 0.4) is 0 Å². The summed E-state index contributed by atoms with van der Waals surface area (Å²) in [5.41, 5.74) is 2.55. The molecule has 3 rings (SSSR count). The standard InChI is InChI=1S/C20H23ClN2O3S/c1-14-6-8-17(27(25,26)23-10-4-3-5-11-23)13-18(14)20(24)22-19-9-7-16(21)12-15(19)2/h6-9,12-13H,3-5,10-11H2,1-2H3,(H,22,24). The van der Waals surface area contributed by atoms with Gasteiger partial charge in [0.15, 0.2) is 0 Å². The third-order valence-electron chi connectivity index (χ3n) is 4.84. The Bertz CT molecular complexity index is 967. The molecule has 1 N–H and O–H groups in total. The van der Waals surface area contributed by atoms with E-state index in [2.05, 4.69) is 5.32 Å². The van der Waals surface area contributed by atoms with Gasteiger partial charge in [-0.2, -0.15) is 4.31 Å². The van der Waals surface area contributed by atoms with Crippen molar-refractivity contribution in [2.75, 3.05) is 18.4 Å². The summed E-state index contributed by atoms with van der Waals surface area (Å²) in [6.07, 6.45) is 2.79. The van der Waals surface area contributed by atoms with Crippen molar-refractivity contribution in [3.05, 3.63) is 58.1 Å². The van der Waals surface area contributed by atoms with E-state index in [1.807, 2.05) is 6.92 Å². The van der Waals surface area contributed by atoms with E-state index in [9.17, 15) is 13.2 Å². The predicted molar refractivity (Wildman–Crippen MR) is 108 cm³/mol. The maximum atomic E-state index is 12.9. The summed E-state index contributed by atoms with van der Waals surface area (Å²) in [4.78, 5) is 12.9. The minimum atomic E-state index is -3.59. The van der Waals surface area contributed by atoms with E-state index < -0.39 is 10.0 Å². The molecule has 1 aliphatic heterocycles. The summed E-state index contributed by atoms with van der Waals surface area (Å²) in [6, 6.07) is 9.93. The van der Waals surface area contributed by atoms with Crippen LogP contribution in [0, 0.1) is 13.8 Å². The maximum absolute atomic E-state index is 12.9. The van der Waals surface area contributed by atoms with Crippen molar-refractivity contribution < 1.29 is 13.2 Å². The summed E-state index contributed by atoms with van der Waals surface area (Å²) < 4.78 is 27.3. The highest BCUT2D eigenvalue weighted by Gasteiger charge is 2.27. The van der Waals surface area contributed by atoms with E-state index >= 15 is 0 Å². The van der Waals surface area contributed by atoms with Gasteiger partial charge in [-0.15, -0.1) is 0 Å². The van der Waals surface area contributed by atoms with Crippen LogP contribution in [0.4, 0.5) is 5.69 Å². The Morgan fingerprint density at radius 2 is 1.70 bits per heavy atom. The van der Waals surface area contributed by atoms with Crippen LogP contribution in [0.2, 0.25) is 5.02 Å². The molecule has 1 amide bonds. The Balaban J connectivity index is 1.89. The smallest absolute Gasteiger partial charge is 0.255 e. The van der Waals surface area contributed by atoms with Gasteiger partial charge in [0.05, 0.1) is 4.90 Å². The second-order valence-corrected chi connectivity index (χ2v) is 9.23. The van der Waals surface area contributed by atoms with Crippen LogP contribution < -0.4 is 5.32 Å². The zero-order chi connectivity index (χ0) is 19.6. The predicted octanol–water partition coefficient (Wildman–Crippen LogP) is 4.38. The van der Waals surface area contributed by atoms with Crippen molar-refractivity contribution >= 4 is 33.2 Å². The summed E-state index contributed by atoms with van der Waals surface area (Å²) in [6.45, 7) is 4.70. The average molecular weight is 407 g/mol. The molecule has 0 aliphatic carbocycles. The van der Waals surface area contributed by atoms with Gasteiger partial charge in [-0.25, -0.2) is 8.42 Å². The largest absolute Gasteiger partial charge is 0.322 e. The fourth-order valence-corrected chi connectivity index (χ4v) is 4.99. The second-order valence-electron chi connectivity index (χ2n) is 6.85. The molecule has 0 unspecified atom stereocenters. The number of nitrogens with one attached hydrogen (secondary N) is 1. The molecule has 1 saturated heterocycles. The van der Waals surface area contributed by atoms with E-state index in [-0.39, 0.29) is 10.8 Å². The molecule has 144 valence electrons. The van der Waals surface area contributed by atoms with Gasteiger partial charge in [0.2, 0.25) is 10.0 Å². The molecule has 2 aromatic rings. The number of piperidine rings is 1. The molecule has 0 saturated carbocycles. The minimum absolute atomic E-state index is 0.160. The number of halogens is 1. The van der Waals surface area contributed by atoms with Crippen molar-refractivity contribution in [1.82, 2.24) is 4.31 Å². The number of hydrogen-bond donors (Lipinski definition) is 1. The Morgan fingerprint density at radius 1 is 1.00 bits per heavy atom. The molecule has 0 spiro atoms. The average Bonchev–Trinajstić information content (AvgIpc) is 2.65. The van der Waals surface area contributed by atoms with Crippen molar-refractivity contribution in [2.45, 2.75) is 38.0 Å². The molecule has 0 aromatic heterocycles. The van der Waals surface area contributed by atoms with Crippen LogP contribution in [-0.4, -0.2) is 31.7 Å². The number of carbonyl (C=O) groups excluding carboxylic acids is 1. The first-order chi connectivity index (χ1) is 12.8. The van der Waals surface area contributed by atoms with E-state index in [0.717, 1.165) is 30.4 Å². The fourth-order valence-electron chi connectivity index (χ4n) is 3.22. The molecule has 27 heavy (non-hydrogen) atoms. The molecule has 0 atom stereocenters. The molecule has 0 radical (unpaired) electrons. The molecule has 1 heterocycles. The summed E-state index contributed by atoms with van der Waals surface area (Å²) in [5.74, 6) is -0.339. The first kappa shape index (κ1) is 19.9. The Kier molecular flexibility index (Phi) is 5.89. The second kappa shape index (κ2) is 8.00. The van der Waals surface area contributed by atoms with Gasteiger partial charge < -0.3 is 5.32 Å². The summed E-state index contributed by atoms with van der Waals surface area (Å²) >= 11 is 5.96. The van der Waals surface area contributed by atoms with Crippen molar-refractivity contribution in [1.29, 1.82) is 0 Å². The lowest BCUT2D eigenvalue weighted by molar-refractivity contribution is 0.102. The van der Waals surface area contributed by atoms with E-state index in [1.54, 1.807) is 37.3 Å². The van der Waals surface area contributed by atoms with Crippen LogP contribution >= 0.6 is 11.6 Å². The molecule has 0 bridgehead atoms. The first-order valence-electron chi connectivity index (χ1n) is 8.97. The zero-order valence-electron chi connectivity index (χ0n) is 15.5. The van der Waals surface area contributed by atoms with Gasteiger partial charge in [-0.1, -0.05) is 24.1 Å². The van der Waals surface area contributed by atoms with Crippen LogP contribution in [-0.2, 0) is 10.0 Å². The van der Waals surface area contributed by atoms with Crippen molar-refractivity contribution in [2.24, 2.45) is 0 Å². The number of nitrogens with zero attached hydrogens (tertiary/aromatic N) is 1. The molecular weight excluding hydrogens is 384 g/mol. The number of rotatable bonds is 4. The lowest BCUT2D eigenvalue weighted by Gasteiger charge is -2.26. The number of benzene rings is 2. The first-order valence-corrected chi connectivity index (χ1v) is 10.8. The number of hydrogen-bond acceptors (Lipinski definition) is 3. The highest BCUT2D eigenvalue weighted by atomic mass is 35.5. The normalized spacial score (nSPS) is 15.5. The quantitative estimate of drug-likeness (QED) is 0.819. The van der Waals surface area contributed by atoms with Crippen LogP contribution in [0.15, 0.2) is 41.3 Å². The van der Waals surface area contributed by atoms with Gasteiger partial charge in [-0.05, 0) is 68.1 Å². The number of carbonyl (C=O) groups is 1. The number of amides is 1. The molecule has 2 aromatic carbocycles. The third-order valence-corrected chi connectivity index (χ3v) is 6.97. The van der Waals surface area contributed by atoms with Crippen LogP contribution in [0.1, 0.15) is 40.7 Å². The summed E-state index contributed by atoms with van der Waals surface area (Å²) in [5, 5.41) is 3.44. The Hall–Kier alpha value is -1.89. The number of anilines is 1. The Labute approximate surface area is 165 Å². The van der Waals surface area contributed by atoms with Crippen LogP contribution in [0.25, 0.3) is 0 Å². The minimum Gasteiger partial charge on any atom is -0.322 e. The number of sulfonamides is 1. The van der Waals surface area contributed by atoms with Gasteiger partial charge in [0.25, 0.3) is 5.91 Å². The molecule has 1 aliphatic rings. The molecule has 7 heteroatoms. The summed E-state index contributed by atoms with van der Waals surface area (Å²) in [7, 11) is -3.59. The molecular formula is C20H23ClN2O3S. The SMILES string of the molecule is Cc1cc(Cl)ccc1NC(=O)c1cc(S(=O)(=O)N2CCCCC2)ccc1C. The topological polar surface area (TPSA) is 66.5 Å². The van der Waals surface area contributed by atoms with E-state index in [1.165, 1.54) is 10.4 Å². The molecule has 5 nitrogen and oxygen atoms in total. The maximum Gasteiger partial charge on any atom is 0.255 e. The third kappa shape index (κ3) is 4.34. The highest BCUT2D eigenvalue weighted by molar-refractivity contribution is 7.89. The van der Waals surface area contributed by atoms with Crippen molar-refractivity contribution in [3.8, 4) is 0 Å². The van der Waals surface area contributed by atoms with Gasteiger partial charge in [-0.3, -0.25) is 4.79 Å². The van der Waals surface area contributed by atoms with E-state index in [0.29, 0.717) is 29.4 Å². The van der Waals surface area contributed by atoms with E-state index in [4.69, 9.17) is 11.6 Å². The fraction of sp³-hybridized carbons (Fsp3) is 0.350. The van der Waals surface area contributed by atoms with Gasteiger partial charge in [0.1, 0.15) is 0 Å². The lowest BCUT2D eigenvalue weighted by atomic mass is 10.1. The van der Waals surface area contributed by atoms with Crippen LogP contribution in [0.5, 0.6) is 0 Å². The zero-order valence-corrected chi connectivity index (χ0v) is 17.0. The monoisotopic (exact) mass is 406 g/mol. The Morgan fingerprint density at radius 3 is 2.37 bits per heavy atom.